The molecule has 13 heavy (non-hydrogen) atoms. The van der Waals surface area contributed by atoms with Crippen LogP contribution < -0.4 is 10.6 Å². The first kappa shape index (κ1) is 9.75. The van der Waals surface area contributed by atoms with Gasteiger partial charge < -0.3 is 26.0 Å². The minimum Gasteiger partial charge on any atom is -0.465 e. The third-order valence-electron chi connectivity index (χ3n) is 1.76. The van der Waals surface area contributed by atoms with Crippen LogP contribution in [0.1, 0.15) is 6.42 Å². The number of carboxylic acid groups (broad SMARTS) is 1. The van der Waals surface area contributed by atoms with Crippen molar-refractivity contribution >= 4 is 12.0 Å². The number of rotatable bonds is 3. The van der Waals surface area contributed by atoms with Gasteiger partial charge in [-0.25, -0.2) is 4.79 Å². The fraction of sp³-hybridized carbons (Fsp3) is 0.667. The van der Waals surface area contributed by atoms with Gasteiger partial charge in [-0.3, -0.25) is 4.79 Å². The van der Waals surface area contributed by atoms with E-state index in [-0.39, 0.29) is 6.42 Å². The lowest BCUT2D eigenvalue weighted by Gasteiger charge is -2.36. The third-order valence-corrected chi connectivity index (χ3v) is 1.76. The van der Waals surface area contributed by atoms with Crippen LogP contribution >= 0.6 is 0 Å². The molecule has 0 aromatic rings. The molecule has 0 bridgehead atoms. The zero-order chi connectivity index (χ0) is 10.0. The topological polar surface area (TPSA) is 119 Å². The van der Waals surface area contributed by atoms with Crippen molar-refractivity contribution in [2.45, 2.75) is 24.8 Å². The Hall–Kier alpha value is -1.34. The van der Waals surface area contributed by atoms with E-state index < -0.39 is 30.4 Å². The highest BCUT2D eigenvalue weighted by Gasteiger charge is 2.40. The molecule has 0 saturated carbocycles. The number of carbonyl (C=O) groups is 2. The largest absolute Gasteiger partial charge is 0.465 e. The molecule has 1 fully saturated rings. The summed E-state index contributed by atoms with van der Waals surface area (Å²) in [5.74, 6) is -0.451. The first-order valence-electron chi connectivity index (χ1n) is 3.66. The lowest BCUT2D eigenvalue weighted by atomic mass is 9.96. The molecule has 1 heterocycles. The van der Waals surface area contributed by atoms with E-state index in [2.05, 4.69) is 5.32 Å². The maximum Gasteiger partial charge on any atom is 0.405 e. The summed E-state index contributed by atoms with van der Waals surface area (Å²) in [5, 5.41) is 29.7. The van der Waals surface area contributed by atoms with Crippen LogP contribution in [-0.2, 0) is 4.79 Å². The van der Waals surface area contributed by atoms with Crippen LogP contribution in [0.25, 0.3) is 0 Å². The van der Waals surface area contributed by atoms with Gasteiger partial charge in [-0.05, 0) is 0 Å². The summed E-state index contributed by atoms with van der Waals surface area (Å²) in [6.07, 6.45) is -2.95. The van der Waals surface area contributed by atoms with Crippen molar-refractivity contribution in [3.63, 3.8) is 0 Å². The molecule has 0 aliphatic carbocycles. The molecule has 0 aromatic heterocycles. The van der Waals surface area contributed by atoms with Gasteiger partial charge >= 0.3 is 6.09 Å². The van der Waals surface area contributed by atoms with E-state index in [0.717, 1.165) is 0 Å². The Balaban J connectivity index is 2.41. The second kappa shape index (κ2) is 3.58. The summed E-state index contributed by atoms with van der Waals surface area (Å²) in [6.45, 7) is 0. The van der Waals surface area contributed by atoms with Crippen LogP contribution in [0.3, 0.4) is 0 Å². The van der Waals surface area contributed by atoms with Crippen LogP contribution in [0.5, 0.6) is 0 Å². The summed E-state index contributed by atoms with van der Waals surface area (Å²) in [6, 6.07) is -1.41. The summed E-state index contributed by atoms with van der Waals surface area (Å²) >= 11 is 0. The first-order valence-corrected chi connectivity index (χ1v) is 3.66. The number of hydrogen-bond donors (Lipinski definition) is 5. The lowest BCUT2D eigenvalue weighted by molar-refractivity contribution is -0.134. The predicted molar refractivity (Wildman–Crippen MR) is 39.7 cm³/mol. The number of amides is 2. The summed E-state index contributed by atoms with van der Waals surface area (Å²) in [7, 11) is 0. The Bertz CT molecular complexity index is 229. The number of carbonyl (C=O) groups excluding carboxylic acids is 1. The van der Waals surface area contributed by atoms with Crippen molar-refractivity contribution in [1.29, 1.82) is 0 Å². The van der Waals surface area contributed by atoms with Crippen LogP contribution in [0.15, 0.2) is 0 Å². The van der Waals surface area contributed by atoms with E-state index in [9.17, 15) is 9.59 Å². The average molecular weight is 190 g/mol. The van der Waals surface area contributed by atoms with E-state index in [1.54, 1.807) is 0 Å². The van der Waals surface area contributed by atoms with Gasteiger partial charge in [-0.1, -0.05) is 0 Å². The van der Waals surface area contributed by atoms with Gasteiger partial charge in [0.2, 0.25) is 5.91 Å². The smallest absolute Gasteiger partial charge is 0.405 e. The van der Waals surface area contributed by atoms with Crippen LogP contribution in [0, 0.1) is 0 Å². The Morgan fingerprint density at radius 3 is 2.62 bits per heavy atom. The van der Waals surface area contributed by atoms with Crippen LogP contribution in [0.4, 0.5) is 4.79 Å². The van der Waals surface area contributed by atoms with E-state index in [4.69, 9.17) is 15.3 Å². The number of hydrogen-bond acceptors (Lipinski definition) is 4. The quantitative estimate of drug-likeness (QED) is 0.256. The average Bonchev–Trinajstić information content (AvgIpc) is 1.99. The van der Waals surface area contributed by atoms with E-state index in [0.29, 0.717) is 0 Å². The number of β-lactam (4-membered cyclic amide) rings is 1. The second-order valence-corrected chi connectivity index (χ2v) is 2.76. The van der Waals surface area contributed by atoms with Crippen molar-refractivity contribution in [3.8, 4) is 0 Å². The summed E-state index contributed by atoms with van der Waals surface area (Å²) < 4.78 is 0. The zero-order valence-corrected chi connectivity index (χ0v) is 6.60. The monoisotopic (exact) mass is 190 g/mol. The minimum absolute atomic E-state index is 0.0866. The molecule has 74 valence electrons. The maximum atomic E-state index is 10.8. The third kappa shape index (κ3) is 2.30. The van der Waals surface area contributed by atoms with Crippen molar-refractivity contribution < 1.29 is 24.9 Å². The highest BCUT2D eigenvalue weighted by atomic mass is 16.5. The van der Waals surface area contributed by atoms with Gasteiger partial charge in [0.1, 0.15) is 6.04 Å². The first-order chi connectivity index (χ1) is 6.00. The van der Waals surface area contributed by atoms with Gasteiger partial charge in [-0.15, -0.1) is 0 Å². The molecule has 1 rings (SSSR count). The summed E-state index contributed by atoms with van der Waals surface area (Å²) in [4.78, 5) is 20.9. The standard InChI is InChI=1S/C6H10N2O5/c9-3(10)1-2-4(5(11)7-2)8-6(12)13/h2-4,8-10H,1H2,(H,7,11)(H,12,13)/t2?,4-/m1/s1. The molecule has 2 amide bonds. The molecule has 0 radical (unpaired) electrons. The van der Waals surface area contributed by atoms with Crippen molar-refractivity contribution in [3.05, 3.63) is 0 Å². The van der Waals surface area contributed by atoms with E-state index in [1.807, 2.05) is 5.32 Å². The maximum absolute atomic E-state index is 10.8. The molecular weight excluding hydrogens is 180 g/mol. The molecular formula is C6H10N2O5. The Labute approximate surface area is 73.4 Å². The van der Waals surface area contributed by atoms with Crippen molar-refractivity contribution in [2.75, 3.05) is 0 Å². The molecule has 1 saturated heterocycles. The highest BCUT2D eigenvalue weighted by Crippen LogP contribution is 2.11. The zero-order valence-electron chi connectivity index (χ0n) is 6.60. The molecule has 0 spiro atoms. The predicted octanol–water partition coefficient (Wildman–Crippen LogP) is -2.18. The molecule has 1 aliphatic heterocycles. The van der Waals surface area contributed by atoms with Gasteiger partial charge in [0.15, 0.2) is 6.29 Å². The molecule has 0 aromatic carbocycles. The molecule has 5 N–H and O–H groups in total. The van der Waals surface area contributed by atoms with E-state index >= 15 is 0 Å². The Morgan fingerprint density at radius 2 is 2.23 bits per heavy atom. The molecule has 1 aliphatic rings. The fourth-order valence-electron chi connectivity index (χ4n) is 1.16. The highest BCUT2D eigenvalue weighted by molar-refractivity contribution is 5.91. The van der Waals surface area contributed by atoms with E-state index in [1.165, 1.54) is 0 Å². The number of nitrogens with one attached hydrogen (secondary N) is 2. The Kier molecular flexibility index (Phi) is 2.69. The molecule has 1 unspecified atom stereocenters. The van der Waals surface area contributed by atoms with Crippen LogP contribution in [0.2, 0.25) is 0 Å². The number of aliphatic hydroxyl groups excluding tert-OH is 1. The normalized spacial score (nSPS) is 26.5. The van der Waals surface area contributed by atoms with Gasteiger partial charge in [0, 0.05) is 6.42 Å². The van der Waals surface area contributed by atoms with Gasteiger partial charge in [0.25, 0.3) is 0 Å². The number of aliphatic hydroxyl groups is 2. The molecule has 7 nitrogen and oxygen atoms in total. The van der Waals surface area contributed by atoms with Crippen molar-refractivity contribution in [2.24, 2.45) is 0 Å². The van der Waals surface area contributed by atoms with Crippen LogP contribution in [-0.4, -0.2) is 45.7 Å². The summed E-state index contributed by atoms with van der Waals surface area (Å²) in [5.41, 5.74) is 0. The minimum atomic E-state index is -1.55. The lowest BCUT2D eigenvalue weighted by Crippen LogP contribution is -2.69. The molecule has 2 atom stereocenters. The molecule has 7 heteroatoms. The Morgan fingerprint density at radius 1 is 1.62 bits per heavy atom. The second-order valence-electron chi connectivity index (χ2n) is 2.76. The SMILES string of the molecule is O=C(O)N[C@H]1C(=O)NC1CC(O)O. The fourth-order valence-corrected chi connectivity index (χ4v) is 1.16. The van der Waals surface area contributed by atoms with Gasteiger partial charge in [0.05, 0.1) is 6.04 Å². The van der Waals surface area contributed by atoms with Crippen molar-refractivity contribution in [1.82, 2.24) is 10.6 Å². The van der Waals surface area contributed by atoms with Gasteiger partial charge in [-0.2, -0.15) is 0 Å².